The third kappa shape index (κ3) is 4.67. The monoisotopic (exact) mass is 250 g/mol. The van der Waals surface area contributed by atoms with Gasteiger partial charge in [0.1, 0.15) is 0 Å². The first-order valence-corrected chi connectivity index (χ1v) is 6.62. The third-order valence-corrected chi connectivity index (χ3v) is 3.01. The van der Waals surface area contributed by atoms with E-state index in [9.17, 15) is 5.11 Å². The van der Waals surface area contributed by atoms with Crippen LogP contribution in [0.3, 0.4) is 0 Å². The van der Waals surface area contributed by atoms with E-state index in [2.05, 4.69) is 49.2 Å². The molecule has 0 spiro atoms. The fraction of sp³-hybridized carbons (Fsp3) is 0.600. The van der Waals surface area contributed by atoms with Crippen LogP contribution in [0.1, 0.15) is 31.9 Å². The summed E-state index contributed by atoms with van der Waals surface area (Å²) in [6.45, 7) is 9.81. The van der Waals surface area contributed by atoms with Crippen LogP contribution in [0.4, 0.5) is 5.69 Å². The predicted molar refractivity (Wildman–Crippen MR) is 78.1 cm³/mol. The van der Waals surface area contributed by atoms with Crippen molar-refractivity contribution in [2.45, 2.75) is 46.4 Å². The molecule has 0 radical (unpaired) electrons. The lowest BCUT2D eigenvalue weighted by Gasteiger charge is -2.22. The normalized spacial score (nSPS) is 12.8. The van der Waals surface area contributed by atoms with E-state index in [0.717, 1.165) is 12.2 Å². The molecule has 0 amide bonds. The van der Waals surface area contributed by atoms with Crippen LogP contribution in [0, 0.1) is 6.92 Å². The molecule has 2 N–H and O–H groups in total. The molecule has 1 aromatic rings. The van der Waals surface area contributed by atoms with Gasteiger partial charge in [0.25, 0.3) is 0 Å². The molecule has 0 aliphatic carbocycles. The largest absolute Gasteiger partial charge is 0.392 e. The Kier molecular flexibility index (Phi) is 5.63. The van der Waals surface area contributed by atoms with Crippen molar-refractivity contribution in [3.63, 3.8) is 0 Å². The van der Waals surface area contributed by atoms with Crippen molar-refractivity contribution in [1.82, 2.24) is 5.32 Å². The van der Waals surface area contributed by atoms with Crippen molar-refractivity contribution < 1.29 is 5.11 Å². The molecule has 1 unspecified atom stereocenters. The average molecular weight is 250 g/mol. The summed E-state index contributed by atoms with van der Waals surface area (Å²) in [4.78, 5) is 2.08. The second kappa shape index (κ2) is 6.76. The van der Waals surface area contributed by atoms with Gasteiger partial charge in [0.05, 0.1) is 6.10 Å². The zero-order valence-corrected chi connectivity index (χ0v) is 12.2. The van der Waals surface area contributed by atoms with Crippen LogP contribution in [0.15, 0.2) is 18.2 Å². The summed E-state index contributed by atoms with van der Waals surface area (Å²) in [6, 6.07) is 6.97. The van der Waals surface area contributed by atoms with Crippen LogP contribution in [-0.4, -0.2) is 30.8 Å². The molecule has 18 heavy (non-hydrogen) atoms. The van der Waals surface area contributed by atoms with Gasteiger partial charge in [-0.15, -0.1) is 0 Å². The highest BCUT2D eigenvalue weighted by atomic mass is 16.3. The number of nitrogens with zero attached hydrogens (tertiary/aromatic N) is 1. The van der Waals surface area contributed by atoms with Gasteiger partial charge in [-0.25, -0.2) is 0 Å². The number of aliphatic hydroxyl groups excluding tert-OH is 1. The van der Waals surface area contributed by atoms with Crippen molar-refractivity contribution in [1.29, 1.82) is 0 Å². The number of aryl methyl sites for hydroxylation is 1. The molecule has 1 atom stereocenters. The van der Waals surface area contributed by atoms with Crippen molar-refractivity contribution in [3.8, 4) is 0 Å². The number of hydrogen-bond donors (Lipinski definition) is 2. The summed E-state index contributed by atoms with van der Waals surface area (Å²) in [6.07, 6.45) is -0.308. The maximum atomic E-state index is 9.40. The van der Waals surface area contributed by atoms with Crippen molar-refractivity contribution in [2.24, 2.45) is 0 Å². The number of anilines is 1. The second-order valence-electron chi connectivity index (χ2n) is 5.38. The standard InChI is InChI=1S/C15H26N2O/c1-11(2)16-9-14-6-7-15(8-12(14)3)17(5)10-13(4)18/h6-8,11,13,16,18H,9-10H2,1-5H3. The Morgan fingerprint density at radius 1 is 1.28 bits per heavy atom. The molecular weight excluding hydrogens is 224 g/mol. The third-order valence-electron chi connectivity index (χ3n) is 3.01. The Balaban J connectivity index is 2.72. The minimum atomic E-state index is -0.308. The zero-order valence-electron chi connectivity index (χ0n) is 12.2. The van der Waals surface area contributed by atoms with Gasteiger partial charge in [-0.3, -0.25) is 0 Å². The molecule has 0 aliphatic rings. The zero-order chi connectivity index (χ0) is 13.7. The minimum absolute atomic E-state index is 0.308. The molecule has 3 heteroatoms. The Labute approximate surface area is 111 Å². The van der Waals surface area contributed by atoms with Crippen molar-refractivity contribution >= 4 is 5.69 Å². The molecule has 0 saturated heterocycles. The SMILES string of the molecule is Cc1cc(N(C)CC(C)O)ccc1CNC(C)C. The predicted octanol–water partition coefficient (Wildman–Crippen LogP) is 2.31. The van der Waals surface area contributed by atoms with E-state index in [-0.39, 0.29) is 6.10 Å². The number of benzene rings is 1. The van der Waals surface area contributed by atoms with E-state index < -0.39 is 0 Å². The smallest absolute Gasteiger partial charge is 0.0686 e. The molecule has 0 heterocycles. The Morgan fingerprint density at radius 3 is 2.44 bits per heavy atom. The van der Waals surface area contributed by atoms with Crippen LogP contribution in [0.5, 0.6) is 0 Å². The first-order chi connectivity index (χ1) is 8.40. The first kappa shape index (κ1) is 15.0. The van der Waals surface area contributed by atoms with Gasteiger partial charge in [-0.2, -0.15) is 0 Å². The Morgan fingerprint density at radius 2 is 1.94 bits per heavy atom. The lowest BCUT2D eigenvalue weighted by Crippen LogP contribution is -2.27. The van der Waals surface area contributed by atoms with Gasteiger partial charge in [0.2, 0.25) is 0 Å². The van der Waals surface area contributed by atoms with Gasteiger partial charge in [-0.1, -0.05) is 19.9 Å². The molecule has 0 aromatic heterocycles. The molecule has 0 aliphatic heterocycles. The number of rotatable bonds is 6. The molecule has 0 fully saturated rings. The van der Waals surface area contributed by atoms with E-state index >= 15 is 0 Å². The highest BCUT2D eigenvalue weighted by molar-refractivity contribution is 5.50. The summed E-state index contributed by atoms with van der Waals surface area (Å²) in [7, 11) is 2.01. The lowest BCUT2D eigenvalue weighted by atomic mass is 10.1. The van der Waals surface area contributed by atoms with Crippen molar-refractivity contribution in [2.75, 3.05) is 18.5 Å². The quantitative estimate of drug-likeness (QED) is 0.813. The van der Waals surface area contributed by atoms with Crippen LogP contribution >= 0.6 is 0 Å². The summed E-state index contributed by atoms with van der Waals surface area (Å²) in [5.74, 6) is 0. The van der Waals surface area contributed by atoms with Crippen LogP contribution < -0.4 is 10.2 Å². The summed E-state index contributed by atoms with van der Waals surface area (Å²) in [5.41, 5.74) is 3.78. The number of nitrogens with one attached hydrogen (secondary N) is 1. The van der Waals surface area contributed by atoms with Gasteiger partial charge in [0.15, 0.2) is 0 Å². The highest BCUT2D eigenvalue weighted by Gasteiger charge is 2.06. The van der Waals surface area contributed by atoms with E-state index in [0.29, 0.717) is 12.6 Å². The van der Waals surface area contributed by atoms with Crippen molar-refractivity contribution in [3.05, 3.63) is 29.3 Å². The molecule has 0 bridgehead atoms. The molecule has 1 rings (SSSR count). The molecular formula is C15H26N2O. The summed E-state index contributed by atoms with van der Waals surface area (Å²) in [5, 5.41) is 12.8. The number of aliphatic hydroxyl groups is 1. The first-order valence-electron chi connectivity index (χ1n) is 6.62. The summed E-state index contributed by atoms with van der Waals surface area (Å²) < 4.78 is 0. The lowest BCUT2D eigenvalue weighted by molar-refractivity contribution is 0.201. The molecule has 102 valence electrons. The van der Waals surface area contributed by atoms with Crippen LogP contribution in [0.2, 0.25) is 0 Å². The topological polar surface area (TPSA) is 35.5 Å². The van der Waals surface area contributed by atoms with Gasteiger partial charge >= 0.3 is 0 Å². The average Bonchev–Trinajstić information content (AvgIpc) is 2.26. The van der Waals surface area contributed by atoms with Gasteiger partial charge < -0.3 is 15.3 Å². The van der Waals surface area contributed by atoms with Gasteiger partial charge in [-0.05, 0) is 37.1 Å². The fourth-order valence-electron chi connectivity index (χ4n) is 1.93. The molecule has 1 aromatic carbocycles. The fourth-order valence-corrected chi connectivity index (χ4v) is 1.93. The summed E-state index contributed by atoms with van der Waals surface area (Å²) >= 11 is 0. The molecule has 0 saturated carbocycles. The van der Waals surface area contributed by atoms with E-state index in [1.165, 1.54) is 11.1 Å². The Hall–Kier alpha value is -1.06. The maximum absolute atomic E-state index is 9.40. The molecule has 3 nitrogen and oxygen atoms in total. The van der Waals surface area contributed by atoms with E-state index in [4.69, 9.17) is 0 Å². The van der Waals surface area contributed by atoms with Crippen LogP contribution in [-0.2, 0) is 6.54 Å². The highest BCUT2D eigenvalue weighted by Crippen LogP contribution is 2.18. The van der Waals surface area contributed by atoms with E-state index in [1.807, 2.05) is 14.0 Å². The van der Waals surface area contributed by atoms with Gasteiger partial charge in [0, 0.05) is 31.9 Å². The maximum Gasteiger partial charge on any atom is 0.0686 e. The van der Waals surface area contributed by atoms with Crippen LogP contribution in [0.25, 0.3) is 0 Å². The Bertz CT molecular complexity index is 375. The second-order valence-corrected chi connectivity index (χ2v) is 5.38. The number of hydrogen-bond acceptors (Lipinski definition) is 3. The van der Waals surface area contributed by atoms with E-state index in [1.54, 1.807) is 0 Å². The number of likely N-dealkylation sites (N-methyl/N-ethyl adjacent to an activating group) is 1. The minimum Gasteiger partial charge on any atom is -0.392 e.